The van der Waals surface area contributed by atoms with Gasteiger partial charge in [-0.05, 0) is 55.3 Å². The average molecular weight is 431 g/mol. The Bertz CT molecular complexity index is 952. The fourth-order valence-electron chi connectivity index (χ4n) is 2.97. The van der Waals surface area contributed by atoms with Crippen molar-refractivity contribution >= 4 is 44.8 Å². The summed E-state index contributed by atoms with van der Waals surface area (Å²) >= 11 is 12.0. The zero-order valence-electron chi connectivity index (χ0n) is 14.2. The van der Waals surface area contributed by atoms with Crippen LogP contribution in [0, 0.1) is 11.7 Å². The van der Waals surface area contributed by atoms with Gasteiger partial charge in [-0.2, -0.15) is 4.31 Å². The van der Waals surface area contributed by atoms with Gasteiger partial charge in [0.05, 0.1) is 10.9 Å². The lowest BCUT2D eigenvalue weighted by Crippen LogP contribution is -2.43. The van der Waals surface area contributed by atoms with E-state index in [0.29, 0.717) is 25.1 Å². The zero-order chi connectivity index (χ0) is 19.6. The summed E-state index contributed by atoms with van der Waals surface area (Å²) in [6.45, 7) is 0.337. The number of carbonyl (C=O) groups excluding carboxylic acids is 1. The molecule has 3 rings (SSSR count). The van der Waals surface area contributed by atoms with E-state index < -0.39 is 21.8 Å². The van der Waals surface area contributed by atoms with E-state index in [1.165, 1.54) is 46.8 Å². The Morgan fingerprint density at radius 2 is 1.85 bits per heavy atom. The maximum absolute atomic E-state index is 13.0. The highest BCUT2D eigenvalue weighted by atomic mass is 35.5. The van der Waals surface area contributed by atoms with Crippen LogP contribution in [0.25, 0.3) is 0 Å². The topological polar surface area (TPSA) is 66.5 Å². The molecule has 0 saturated carbocycles. The van der Waals surface area contributed by atoms with Crippen LogP contribution >= 0.6 is 23.2 Å². The molecule has 0 spiro atoms. The quantitative estimate of drug-likeness (QED) is 0.790. The van der Waals surface area contributed by atoms with Gasteiger partial charge in [0.25, 0.3) is 0 Å². The predicted molar refractivity (Wildman–Crippen MR) is 103 cm³/mol. The van der Waals surface area contributed by atoms with E-state index >= 15 is 0 Å². The number of rotatable bonds is 4. The summed E-state index contributed by atoms with van der Waals surface area (Å²) in [6, 6.07) is 9.65. The van der Waals surface area contributed by atoms with Crippen molar-refractivity contribution in [2.24, 2.45) is 5.92 Å². The third kappa shape index (κ3) is 4.60. The minimum Gasteiger partial charge on any atom is -0.326 e. The first-order valence-electron chi connectivity index (χ1n) is 8.29. The Kier molecular flexibility index (Phi) is 6.05. The number of carbonyl (C=O) groups is 1. The first-order chi connectivity index (χ1) is 12.8. The first-order valence-corrected chi connectivity index (χ1v) is 10.5. The Hall–Kier alpha value is -1.67. The van der Waals surface area contributed by atoms with Gasteiger partial charge in [0, 0.05) is 23.8 Å². The number of anilines is 1. The van der Waals surface area contributed by atoms with Gasteiger partial charge in [-0.1, -0.05) is 23.2 Å². The number of nitrogens with one attached hydrogen (secondary N) is 1. The maximum atomic E-state index is 13.0. The number of hydrogen-bond acceptors (Lipinski definition) is 3. The molecular formula is C18H17Cl2FN2O3S. The lowest BCUT2D eigenvalue weighted by Gasteiger charge is -2.31. The molecule has 9 heteroatoms. The summed E-state index contributed by atoms with van der Waals surface area (Å²) in [4.78, 5) is 12.4. The van der Waals surface area contributed by atoms with Crippen LogP contribution in [0.2, 0.25) is 10.0 Å². The Morgan fingerprint density at radius 1 is 1.15 bits per heavy atom. The van der Waals surface area contributed by atoms with E-state index in [1.807, 2.05) is 0 Å². The molecule has 0 aliphatic carbocycles. The number of amides is 1. The summed E-state index contributed by atoms with van der Waals surface area (Å²) < 4.78 is 40.1. The lowest BCUT2D eigenvalue weighted by molar-refractivity contribution is -0.120. The normalized spacial score (nSPS) is 18.3. The Labute approximate surface area is 167 Å². The van der Waals surface area contributed by atoms with E-state index in [9.17, 15) is 17.6 Å². The van der Waals surface area contributed by atoms with Crippen LogP contribution < -0.4 is 5.32 Å². The summed E-state index contributed by atoms with van der Waals surface area (Å²) in [7, 11) is -3.87. The second-order valence-electron chi connectivity index (χ2n) is 6.27. The maximum Gasteiger partial charge on any atom is 0.244 e. The van der Waals surface area contributed by atoms with E-state index in [-0.39, 0.29) is 27.4 Å². The molecule has 1 saturated heterocycles. The molecular weight excluding hydrogens is 414 g/mol. The van der Waals surface area contributed by atoms with E-state index in [2.05, 4.69) is 5.32 Å². The van der Waals surface area contributed by atoms with Gasteiger partial charge >= 0.3 is 0 Å². The summed E-state index contributed by atoms with van der Waals surface area (Å²) in [5.74, 6) is -1.23. The Balaban J connectivity index is 1.76. The van der Waals surface area contributed by atoms with Crippen LogP contribution in [-0.4, -0.2) is 31.7 Å². The van der Waals surface area contributed by atoms with Gasteiger partial charge in [0.15, 0.2) is 0 Å². The molecule has 1 amide bonds. The fourth-order valence-corrected chi connectivity index (χ4v) is 5.23. The lowest BCUT2D eigenvalue weighted by atomic mass is 9.99. The minimum atomic E-state index is -3.87. The molecule has 2 aromatic rings. The monoisotopic (exact) mass is 430 g/mol. The second-order valence-corrected chi connectivity index (χ2v) is 9.02. The van der Waals surface area contributed by atoms with Crippen LogP contribution in [-0.2, 0) is 14.8 Å². The van der Waals surface area contributed by atoms with Crippen molar-refractivity contribution < 1.29 is 17.6 Å². The molecule has 27 heavy (non-hydrogen) atoms. The molecule has 0 unspecified atom stereocenters. The van der Waals surface area contributed by atoms with Gasteiger partial charge in [-0.25, -0.2) is 12.8 Å². The molecule has 0 bridgehead atoms. The zero-order valence-corrected chi connectivity index (χ0v) is 16.5. The van der Waals surface area contributed by atoms with Crippen molar-refractivity contribution in [3.05, 3.63) is 58.3 Å². The number of hydrogen-bond donors (Lipinski definition) is 1. The van der Waals surface area contributed by atoms with Crippen molar-refractivity contribution in [2.75, 3.05) is 18.4 Å². The molecule has 1 atom stereocenters. The largest absolute Gasteiger partial charge is 0.326 e. The highest BCUT2D eigenvalue weighted by molar-refractivity contribution is 7.89. The molecule has 2 aromatic carbocycles. The SMILES string of the molecule is O=C(Nc1ccc(F)cc1)[C@@H]1CCCN(S(=O)(=O)c2cc(Cl)ccc2Cl)C1. The molecule has 1 heterocycles. The van der Waals surface area contributed by atoms with Crippen LogP contribution in [0.3, 0.4) is 0 Å². The van der Waals surface area contributed by atoms with Gasteiger partial charge in [0.1, 0.15) is 10.7 Å². The first kappa shape index (κ1) is 20.1. The smallest absolute Gasteiger partial charge is 0.244 e. The van der Waals surface area contributed by atoms with Gasteiger partial charge < -0.3 is 5.32 Å². The standard InChI is InChI=1S/C18H17Cl2FN2O3S/c19-13-3-8-16(20)17(10-13)27(25,26)23-9-1-2-12(11-23)18(24)22-15-6-4-14(21)5-7-15/h3-8,10,12H,1-2,9,11H2,(H,22,24)/t12-/m1/s1. The minimum absolute atomic E-state index is 0.0399. The van der Waals surface area contributed by atoms with E-state index in [1.54, 1.807) is 0 Å². The predicted octanol–water partition coefficient (Wildman–Crippen LogP) is 4.17. The van der Waals surface area contributed by atoms with Crippen molar-refractivity contribution in [1.29, 1.82) is 0 Å². The molecule has 0 aromatic heterocycles. The number of piperidine rings is 1. The highest BCUT2D eigenvalue weighted by Crippen LogP contribution is 2.30. The molecule has 1 aliphatic rings. The van der Waals surface area contributed by atoms with Crippen molar-refractivity contribution in [3.63, 3.8) is 0 Å². The molecule has 5 nitrogen and oxygen atoms in total. The molecule has 144 valence electrons. The van der Waals surface area contributed by atoms with Crippen molar-refractivity contribution in [2.45, 2.75) is 17.7 Å². The molecule has 0 radical (unpaired) electrons. The summed E-state index contributed by atoms with van der Waals surface area (Å²) in [5.41, 5.74) is 0.458. The van der Waals surface area contributed by atoms with Gasteiger partial charge in [0.2, 0.25) is 15.9 Å². The van der Waals surface area contributed by atoms with Gasteiger partial charge in [-0.15, -0.1) is 0 Å². The van der Waals surface area contributed by atoms with Crippen LogP contribution in [0.15, 0.2) is 47.4 Å². The van der Waals surface area contributed by atoms with Crippen molar-refractivity contribution in [3.8, 4) is 0 Å². The fraction of sp³-hybridized carbons (Fsp3) is 0.278. The highest BCUT2D eigenvalue weighted by Gasteiger charge is 2.34. The molecule has 1 aliphatic heterocycles. The van der Waals surface area contributed by atoms with Crippen LogP contribution in [0.4, 0.5) is 10.1 Å². The summed E-state index contributed by atoms with van der Waals surface area (Å²) in [5, 5.41) is 3.04. The second kappa shape index (κ2) is 8.14. The van der Waals surface area contributed by atoms with Crippen LogP contribution in [0.5, 0.6) is 0 Å². The molecule has 1 fully saturated rings. The third-order valence-electron chi connectivity index (χ3n) is 4.38. The van der Waals surface area contributed by atoms with E-state index in [4.69, 9.17) is 23.2 Å². The third-order valence-corrected chi connectivity index (χ3v) is 6.96. The summed E-state index contributed by atoms with van der Waals surface area (Å²) in [6.07, 6.45) is 1.10. The van der Waals surface area contributed by atoms with E-state index in [0.717, 1.165) is 0 Å². The number of halogens is 3. The van der Waals surface area contributed by atoms with Gasteiger partial charge in [-0.3, -0.25) is 4.79 Å². The average Bonchev–Trinajstić information content (AvgIpc) is 2.65. The van der Waals surface area contributed by atoms with Crippen molar-refractivity contribution in [1.82, 2.24) is 4.31 Å². The molecule has 1 N–H and O–H groups in total. The Morgan fingerprint density at radius 3 is 2.56 bits per heavy atom. The van der Waals surface area contributed by atoms with Crippen LogP contribution in [0.1, 0.15) is 12.8 Å². The number of benzene rings is 2. The number of sulfonamides is 1. The number of nitrogens with zero attached hydrogens (tertiary/aromatic N) is 1.